The van der Waals surface area contributed by atoms with Crippen LogP contribution in [0.25, 0.3) is 10.6 Å². The van der Waals surface area contributed by atoms with Gasteiger partial charge in [-0.3, -0.25) is 4.79 Å². The van der Waals surface area contributed by atoms with Crippen LogP contribution in [-0.2, 0) is 0 Å². The minimum Gasteiger partial charge on any atom is -0.454 e. The molecule has 140 valence electrons. The summed E-state index contributed by atoms with van der Waals surface area (Å²) in [4.78, 5) is 17.5. The summed E-state index contributed by atoms with van der Waals surface area (Å²) in [5, 5.41) is 7.24. The van der Waals surface area contributed by atoms with Crippen LogP contribution in [0.3, 0.4) is 0 Å². The van der Waals surface area contributed by atoms with Crippen molar-refractivity contribution in [1.82, 2.24) is 15.6 Å². The minimum atomic E-state index is -0.0516. The predicted octanol–water partition coefficient (Wildman–Crippen LogP) is 3.08. The Kier molecular flexibility index (Phi) is 5.70. The van der Waals surface area contributed by atoms with E-state index in [2.05, 4.69) is 22.5 Å². The fourth-order valence-electron chi connectivity index (χ4n) is 3.13. The highest BCUT2D eigenvalue weighted by Crippen LogP contribution is 2.37. The minimum absolute atomic E-state index is 0. The topological polar surface area (TPSA) is 72.5 Å². The zero-order chi connectivity index (χ0) is 17.3. The second kappa shape index (κ2) is 7.82. The van der Waals surface area contributed by atoms with Gasteiger partial charge in [-0.25, -0.2) is 4.98 Å². The lowest BCUT2D eigenvalue weighted by Gasteiger charge is -2.34. The van der Waals surface area contributed by atoms with E-state index in [1.54, 1.807) is 6.20 Å². The molecule has 0 radical (unpaired) electrons. The van der Waals surface area contributed by atoms with E-state index in [1.165, 1.54) is 11.3 Å². The number of carbonyl (C=O) groups excluding carboxylic acids is 1. The molecule has 2 aromatic rings. The quantitative estimate of drug-likeness (QED) is 0.832. The van der Waals surface area contributed by atoms with Crippen molar-refractivity contribution in [2.24, 2.45) is 5.41 Å². The molecule has 0 bridgehead atoms. The molecule has 1 amide bonds. The number of thiazole rings is 1. The largest absolute Gasteiger partial charge is 0.454 e. The van der Waals surface area contributed by atoms with Crippen LogP contribution >= 0.6 is 23.7 Å². The maximum atomic E-state index is 12.5. The van der Waals surface area contributed by atoms with Crippen molar-refractivity contribution in [3.05, 3.63) is 29.3 Å². The van der Waals surface area contributed by atoms with Gasteiger partial charge in [0, 0.05) is 12.1 Å². The summed E-state index contributed by atoms with van der Waals surface area (Å²) < 4.78 is 10.7. The molecule has 2 aliphatic rings. The molecule has 1 aromatic carbocycles. The van der Waals surface area contributed by atoms with Crippen LogP contribution in [-0.4, -0.2) is 37.3 Å². The number of fused-ring (bicyclic) bond motifs is 1. The molecule has 4 rings (SSSR count). The van der Waals surface area contributed by atoms with Gasteiger partial charge in [0.15, 0.2) is 11.5 Å². The van der Waals surface area contributed by atoms with E-state index in [0.717, 1.165) is 48.0 Å². The van der Waals surface area contributed by atoms with E-state index in [1.807, 2.05) is 18.2 Å². The summed E-state index contributed by atoms with van der Waals surface area (Å²) in [6, 6.07) is 5.71. The van der Waals surface area contributed by atoms with Gasteiger partial charge in [-0.2, -0.15) is 0 Å². The summed E-state index contributed by atoms with van der Waals surface area (Å²) in [6.07, 6.45) is 3.81. The van der Waals surface area contributed by atoms with Crippen LogP contribution in [0.1, 0.15) is 29.4 Å². The maximum Gasteiger partial charge on any atom is 0.263 e. The molecule has 2 N–H and O–H groups in total. The number of aromatic nitrogens is 1. The number of rotatable bonds is 4. The third kappa shape index (κ3) is 3.95. The molecule has 1 saturated heterocycles. The third-order valence-corrected chi connectivity index (χ3v) is 5.88. The van der Waals surface area contributed by atoms with Gasteiger partial charge < -0.3 is 20.1 Å². The maximum absolute atomic E-state index is 12.5. The van der Waals surface area contributed by atoms with Gasteiger partial charge >= 0.3 is 0 Å². The van der Waals surface area contributed by atoms with Gasteiger partial charge in [0.1, 0.15) is 9.88 Å². The van der Waals surface area contributed by atoms with Crippen molar-refractivity contribution >= 4 is 29.7 Å². The second-order valence-corrected chi connectivity index (χ2v) is 7.87. The summed E-state index contributed by atoms with van der Waals surface area (Å²) in [7, 11) is 0. The molecule has 0 unspecified atom stereocenters. The Labute approximate surface area is 162 Å². The number of nitrogens with zero attached hydrogens (tertiary/aromatic N) is 1. The smallest absolute Gasteiger partial charge is 0.263 e. The Morgan fingerprint density at radius 3 is 2.88 bits per heavy atom. The van der Waals surface area contributed by atoms with Crippen LogP contribution in [0.4, 0.5) is 0 Å². The van der Waals surface area contributed by atoms with Crippen LogP contribution in [0.2, 0.25) is 0 Å². The Morgan fingerprint density at radius 1 is 1.31 bits per heavy atom. The molecule has 0 spiro atoms. The Bertz CT molecular complexity index is 790. The number of hydrogen-bond donors (Lipinski definition) is 2. The van der Waals surface area contributed by atoms with E-state index < -0.39 is 0 Å². The van der Waals surface area contributed by atoms with E-state index in [4.69, 9.17) is 9.47 Å². The van der Waals surface area contributed by atoms with Crippen molar-refractivity contribution < 1.29 is 14.3 Å². The number of piperidine rings is 1. The standard InChI is InChI=1S/C18H21N3O3S.ClH/c1-18(4-6-19-7-5-18)10-21-16(22)15-9-20-17(25-15)12-2-3-13-14(8-12)24-11-23-13;/h2-3,8-9,19H,4-7,10-11H2,1H3,(H,21,22);1H. The molecular weight excluding hydrogens is 374 g/mol. The van der Waals surface area contributed by atoms with Gasteiger partial charge in [0.2, 0.25) is 6.79 Å². The second-order valence-electron chi connectivity index (χ2n) is 6.84. The summed E-state index contributed by atoms with van der Waals surface area (Å²) in [5.41, 5.74) is 1.10. The number of hydrogen-bond acceptors (Lipinski definition) is 6. The average Bonchev–Trinajstić information content (AvgIpc) is 3.29. The van der Waals surface area contributed by atoms with Crippen molar-refractivity contribution in [3.8, 4) is 22.1 Å². The number of benzene rings is 1. The lowest BCUT2D eigenvalue weighted by molar-refractivity contribution is 0.0926. The van der Waals surface area contributed by atoms with Crippen LogP contribution in [0.15, 0.2) is 24.4 Å². The van der Waals surface area contributed by atoms with Gasteiger partial charge in [0.05, 0.1) is 6.20 Å². The number of nitrogens with one attached hydrogen (secondary N) is 2. The van der Waals surface area contributed by atoms with E-state index in [-0.39, 0.29) is 30.5 Å². The normalized spacial score (nSPS) is 17.4. The summed E-state index contributed by atoms with van der Waals surface area (Å²) >= 11 is 1.39. The van der Waals surface area contributed by atoms with Crippen LogP contribution in [0.5, 0.6) is 11.5 Å². The third-order valence-electron chi connectivity index (χ3n) is 4.84. The number of halogens is 1. The SMILES string of the molecule is CC1(CNC(=O)c2cnc(-c3ccc4c(c3)OCO4)s2)CCNCC1.Cl. The summed E-state index contributed by atoms with van der Waals surface area (Å²) in [5.74, 6) is 1.41. The molecule has 26 heavy (non-hydrogen) atoms. The monoisotopic (exact) mass is 395 g/mol. The molecule has 0 aliphatic carbocycles. The van der Waals surface area contributed by atoms with E-state index in [0.29, 0.717) is 11.4 Å². The van der Waals surface area contributed by atoms with Crippen LogP contribution < -0.4 is 20.1 Å². The number of amides is 1. The first-order chi connectivity index (χ1) is 12.1. The Morgan fingerprint density at radius 2 is 2.08 bits per heavy atom. The van der Waals surface area contributed by atoms with Crippen molar-refractivity contribution in [2.45, 2.75) is 19.8 Å². The van der Waals surface area contributed by atoms with E-state index >= 15 is 0 Å². The fraction of sp³-hybridized carbons (Fsp3) is 0.444. The first kappa shape index (κ1) is 18.9. The molecular formula is C18H22ClN3O3S. The van der Waals surface area contributed by atoms with Gasteiger partial charge in [-0.05, 0) is 49.5 Å². The van der Waals surface area contributed by atoms with Crippen molar-refractivity contribution in [1.29, 1.82) is 0 Å². The number of carbonyl (C=O) groups is 1. The van der Waals surface area contributed by atoms with Crippen LogP contribution in [0, 0.1) is 5.41 Å². The Hall–Kier alpha value is -1.83. The first-order valence-electron chi connectivity index (χ1n) is 8.48. The molecule has 0 saturated carbocycles. The van der Waals surface area contributed by atoms with Gasteiger partial charge in [-0.15, -0.1) is 23.7 Å². The van der Waals surface area contributed by atoms with E-state index in [9.17, 15) is 4.79 Å². The predicted molar refractivity (Wildman–Crippen MR) is 103 cm³/mol. The Balaban J connectivity index is 0.00000196. The molecule has 6 nitrogen and oxygen atoms in total. The molecule has 3 heterocycles. The van der Waals surface area contributed by atoms with Gasteiger partial charge in [-0.1, -0.05) is 6.92 Å². The number of ether oxygens (including phenoxy) is 2. The van der Waals surface area contributed by atoms with Crippen molar-refractivity contribution in [3.63, 3.8) is 0 Å². The zero-order valence-electron chi connectivity index (χ0n) is 14.5. The average molecular weight is 396 g/mol. The highest BCUT2D eigenvalue weighted by molar-refractivity contribution is 7.16. The highest BCUT2D eigenvalue weighted by Gasteiger charge is 2.27. The van der Waals surface area contributed by atoms with Crippen molar-refractivity contribution in [2.75, 3.05) is 26.4 Å². The highest BCUT2D eigenvalue weighted by atomic mass is 35.5. The molecule has 1 fully saturated rings. The molecule has 8 heteroatoms. The first-order valence-corrected chi connectivity index (χ1v) is 9.29. The van der Waals surface area contributed by atoms with Gasteiger partial charge in [0.25, 0.3) is 5.91 Å². The molecule has 2 aliphatic heterocycles. The zero-order valence-corrected chi connectivity index (χ0v) is 16.2. The lowest BCUT2D eigenvalue weighted by atomic mass is 9.81. The molecule has 1 aromatic heterocycles. The molecule has 0 atom stereocenters. The lowest BCUT2D eigenvalue weighted by Crippen LogP contribution is -2.42. The fourth-order valence-corrected chi connectivity index (χ4v) is 3.96. The summed E-state index contributed by atoms with van der Waals surface area (Å²) in [6.45, 7) is 5.21.